The van der Waals surface area contributed by atoms with E-state index in [1.54, 1.807) is 37.3 Å². The van der Waals surface area contributed by atoms with Gasteiger partial charge in [-0.3, -0.25) is 9.36 Å². The second-order valence-corrected chi connectivity index (χ2v) is 8.54. The van der Waals surface area contributed by atoms with E-state index in [0.29, 0.717) is 24.5 Å². The van der Waals surface area contributed by atoms with Crippen LogP contribution in [0.25, 0.3) is 16.6 Å². The quantitative estimate of drug-likeness (QED) is 0.298. The highest BCUT2D eigenvalue weighted by atomic mass is 19.4. The minimum Gasteiger partial charge on any atom is -0.493 e. The molecule has 0 atom stereocenters. The maximum atomic E-state index is 13.7. The summed E-state index contributed by atoms with van der Waals surface area (Å²) in [7, 11) is 1.38. The molecule has 0 saturated carbocycles. The van der Waals surface area contributed by atoms with Crippen molar-refractivity contribution >= 4 is 10.9 Å². The number of methoxy groups -OCH3 is 1. The van der Waals surface area contributed by atoms with E-state index in [1.165, 1.54) is 19.2 Å². The SMILES string of the molecule is CCOc1cc2nc(Cc3ccccc3)n(-c3ccc(C(O)(C(F)(F)F)C(F)(F)F)cc3)c(=O)c2cc1OC. The minimum atomic E-state index is -6.04. The predicted molar refractivity (Wildman–Crippen MR) is 130 cm³/mol. The van der Waals surface area contributed by atoms with Crippen molar-refractivity contribution in [1.29, 1.82) is 0 Å². The van der Waals surface area contributed by atoms with Crippen LogP contribution in [-0.4, -0.2) is 40.7 Å². The van der Waals surface area contributed by atoms with Crippen LogP contribution < -0.4 is 15.0 Å². The molecule has 0 fully saturated rings. The Morgan fingerprint density at radius 3 is 2.05 bits per heavy atom. The third-order valence-corrected chi connectivity index (χ3v) is 6.09. The zero-order chi connectivity index (χ0) is 28.6. The largest absolute Gasteiger partial charge is 0.493 e. The van der Waals surface area contributed by atoms with Gasteiger partial charge in [0.05, 0.1) is 30.3 Å². The number of fused-ring (bicyclic) bond motifs is 1. The molecule has 0 aliphatic carbocycles. The maximum absolute atomic E-state index is 13.7. The Labute approximate surface area is 218 Å². The van der Waals surface area contributed by atoms with Crippen molar-refractivity contribution in [2.75, 3.05) is 13.7 Å². The Bertz CT molecular complexity index is 1520. The lowest BCUT2D eigenvalue weighted by molar-refractivity contribution is -0.376. The molecular weight excluding hydrogens is 530 g/mol. The lowest BCUT2D eigenvalue weighted by Crippen LogP contribution is -2.53. The van der Waals surface area contributed by atoms with Crippen LogP contribution in [0.15, 0.2) is 71.5 Å². The highest BCUT2D eigenvalue weighted by Crippen LogP contribution is 2.50. The molecule has 0 radical (unpaired) electrons. The molecule has 4 rings (SSSR count). The summed E-state index contributed by atoms with van der Waals surface area (Å²) >= 11 is 0. The Morgan fingerprint density at radius 2 is 1.51 bits per heavy atom. The van der Waals surface area contributed by atoms with E-state index in [2.05, 4.69) is 4.98 Å². The summed E-state index contributed by atoms with van der Waals surface area (Å²) in [6.45, 7) is 2.07. The van der Waals surface area contributed by atoms with E-state index in [4.69, 9.17) is 9.47 Å². The molecule has 0 aliphatic rings. The molecule has 1 aromatic heterocycles. The number of nitrogens with zero attached hydrogens (tertiary/aromatic N) is 2. The van der Waals surface area contributed by atoms with Crippen LogP contribution in [0.5, 0.6) is 11.5 Å². The number of halogens is 6. The summed E-state index contributed by atoms with van der Waals surface area (Å²) in [4.78, 5) is 18.3. The number of aromatic nitrogens is 2. The van der Waals surface area contributed by atoms with Crippen molar-refractivity contribution in [1.82, 2.24) is 9.55 Å². The van der Waals surface area contributed by atoms with Crippen molar-refractivity contribution < 1.29 is 40.9 Å². The van der Waals surface area contributed by atoms with Crippen LogP contribution in [-0.2, 0) is 12.0 Å². The third kappa shape index (κ3) is 5.03. The second-order valence-electron chi connectivity index (χ2n) is 8.54. The molecule has 1 heterocycles. The lowest BCUT2D eigenvalue weighted by atomic mass is 9.92. The summed E-state index contributed by atoms with van der Waals surface area (Å²) in [5, 5.41) is 9.81. The highest BCUT2D eigenvalue weighted by molar-refractivity contribution is 5.82. The predicted octanol–water partition coefficient (Wildman–Crippen LogP) is 5.70. The van der Waals surface area contributed by atoms with Crippen molar-refractivity contribution in [2.45, 2.75) is 31.3 Å². The van der Waals surface area contributed by atoms with E-state index < -0.39 is 29.1 Å². The van der Waals surface area contributed by atoms with Crippen molar-refractivity contribution in [3.05, 3.63) is 94.0 Å². The molecule has 0 spiro atoms. The Hall–Kier alpha value is -4.06. The molecule has 0 saturated heterocycles. The lowest BCUT2D eigenvalue weighted by Gasteiger charge is -2.32. The van der Waals surface area contributed by atoms with Gasteiger partial charge >= 0.3 is 12.4 Å². The van der Waals surface area contributed by atoms with Crippen LogP contribution in [0.1, 0.15) is 23.9 Å². The zero-order valence-corrected chi connectivity index (χ0v) is 20.6. The van der Waals surface area contributed by atoms with Gasteiger partial charge in [0.15, 0.2) is 11.5 Å². The fourth-order valence-corrected chi connectivity index (χ4v) is 4.17. The van der Waals surface area contributed by atoms with Gasteiger partial charge in [-0.1, -0.05) is 42.5 Å². The molecule has 206 valence electrons. The van der Waals surface area contributed by atoms with E-state index >= 15 is 0 Å². The van der Waals surface area contributed by atoms with Gasteiger partial charge in [0, 0.05) is 18.1 Å². The van der Waals surface area contributed by atoms with Crippen LogP contribution in [0, 0.1) is 0 Å². The van der Waals surface area contributed by atoms with Crippen molar-refractivity contribution in [3.8, 4) is 17.2 Å². The first-order valence-electron chi connectivity index (χ1n) is 11.6. The molecule has 6 nitrogen and oxygen atoms in total. The third-order valence-electron chi connectivity index (χ3n) is 6.09. The first kappa shape index (κ1) is 28.0. The summed E-state index contributed by atoms with van der Waals surface area (Å²) < 4.78 is 92.1. The average Bonchev–Trinajstić information content (AvgIpc) is 2.88. The molecule has 3 aromatic carbocycles. The standard InChI is InChI=1S/C27H22F6N2O4/c1-3-39-22-15-20-19(14-21(22)38-2)24(36)35(23(34-20)13-16-7-5-4-6-8-16)18-11-9-17(10-12-18)25(37,26(28,29)30)27(31,32)33/h4-12,14-15,37H,3,13H2,1-2H3. The minimum absolute atomic E-state index is 0.0522. The Kier molecular flexibility index (Phi) is 7.35. The summed E-state index contributed by atoms with van der Waals surface area (Å²) in [6, 6.07) is 14.5. The number of aliphatic hydroxyl groups is 1. The van der Waals surface area contributed by atoms with E-state index in [-0.39, 0.29) is 34.6 Å². The fourth-order valence-electron chi connectivity index (χ4n) is 4.17. The first-order chi connectivity index (χ1) is 18.3. The van der Waals surface area contributed by atoms with Gasteiger partial charge in [0.1, 0.15) is 5.82 Å². The van der Waals surface area contributed by atoms with Crippen LogP contribution >= 0.6 is 0 Å². The van der Waals surface area contributed by atoms with Crippen molar-refractivity contribution in [2.24, 2.45) is 0 Å². The normalized spacial score (nSPS) is 12.5. The highest BCUT2D eigenvalue weighted by Gasteiger charge is 2.71. The van der Waals surface area contributed by atoms with Crippen LogP contribution in [0.3, 0.4) is 0 Å². The van der Waals surface area contributed by atoms with Gasteiger partial charge in [-0.15, -0.1) is 0 Å². The molecule has 0 aliphatic heterocycles. The smallest absolute Gasteiger partial charge is 0.430 e. The zero-order valence-electron chi connectivity index (χ0n) is 20.6. The fraction of sp³-hybridized carbons (Fsp3) is 0.259. The molecular formula is C27H22F6N2O4. The maximum Gasteiger partial charge on any atom is 0.430 e. The van der Waals surface area contributed by atoms with Crippen LogP contribution in [0.4, 0.5) is 26.3 Å². The van der Waals surface area contributed by atoms with Gasteiger partial charge in [0.2, 0.25) is 0 Å². The van der Waals surface area contributed by atoms with Gasteiger partial charge < -0.3 is 14.6 Å². The van der Waals surface area contributed by atoms with Crippen molar-refractivity contribution in [3.63, 3.8) is 0 Å². The molecule has 39 heavy (non-hydrogen) atoms. The average molecular weight is 552 g/mol. The van der Waals surface area contributed by atoms with Gasteiger partial charge in [-0.25, -0.2) is 4.98 Å². The summed E-state index contributed by atoms with van der Waals surface area (Å²) in [5.74, 6) is 0.744. The van der Waals surface area contributed by atoms with Gasteiger partial charge in [-0.2, -0.15) is 26.3 Å². The van der Waals surface area contributed by atoms with E-state index in [1.807, 2.05) is 0 Å². The number of hydrogen-bond donors (Lipinski definition) is 1. The molecule has 0 bridgehead atoms. The van der Waals surface area contributed by atoms with Gasteiger partial charge in [0.25, 0.3) is 11.2 Å². The molecule has 0 unspecified atom stereocenters. The number of alkyl halides is 6. The molecule has 0 amide bonds. The molecule has 12 heteroatoms. The molecule has 4 aromatic rings. The summed E-state index contributed by atoms with van der Waals surface area (Å²) in [6.07, 6.45) is -12.0. The number of benzene rings is 3. The second kappa shape index (κ2) is 10.3. The van der Waals surface area contributed by atoms with E-state index in [9.17, 15) is 36.2 Å². The number of rotatable bonds is 7. The Morgan fingerprint density at radius 1 is 0.897 bits per heavy atom. The van der Waals surface area contributed by atoms with E-state index in [0.717, 1.165) is 22.3 Å². The first-order valence-corrected chi connectivity index (χ1v) is 11.6. The summed E-state index contributed by atoms with van der Waals surface area (Å²) in [5.41, 5.74) is -6.23. The topological polar surface area (TPSA) is 73.6 Å². The number of hydrogen-bond acceptors (Lipinski definition) is 5. The number of ether oxygens (including phenoxy) is 2. The van der Waals surface area contributed by atoms with Crippen LogP contribution in [0.2, 0.25) is 0 Å². The Balaban J connectivity index is 1.94. The van der Waals surface area contributed by atoms with Gasteiger partial charge in [-0.05, 0) is 30.7 Å². The molecule has 1 N–H and O–H groups in total. The monoisotopic (exact) mass is 552 g/mol.